The summed E-state index contributed by atoms with van der Waals surface area (Å²) in [5.74, 6) is 1.25. The number of carbonyl (C=O) groups is 1. The zero-order chi connectivity index (χ0) is 23.6. The molecule has 0 aromatic heterocycles. The molecule has 3 saturated carbocycles. The summed E-state index contributed by atoms with van der Waals surface area (Å²) in [6.07, 6.45) is 10.3. The van der Waals surface area contributed by atoms with E-state index in [2.05, 4.69) is 57.2 Å². The normalized spacial score (nSPS) is 47.5. The van der Waals surface area contributed by atoms with Crippen LogP contribution in [0.15, 0.2) is 36.4 Å². The van der Waals surface area contributed by atoms with Gasteiger partial charge in [-0.3, -0.25) is 4.79 Å². The predicted molar refractivity (Wildman–Crippen MR) is 129 cm³/mol. The molecule has 182 valence electrons. The van der Waals surface area contributed by atoms with Crippen molar-refractivity contribution in [3.63, 3.8) is 0 Å². The first-order valence-electron chi connectivity index (χ1n) is 13.4. The lowest BCUT2D eigenvalue weighted by Crippen LogP contribution is -2.68. The van der Waals surface area contributed by atoms with E-state index in [-0.39, 0.29) is 16.2 Å². The average molecular weight is 463 g/mol. The Balaban J connectivity index is 1.38. The van der Waals surface area contributed by atoms with Crippen LogP contribution >= 0.6 is 0 Å². The van der Waals surface area contributed by atoms with Crippen molar-refractivity contribution in [3.05, 3.63) is 47.5 Å². The van der Waals surface area contributed by atoms with Crippen molar-refractivity contribution in [3.8, 4) is 0 Å². The van der Waals surface area contributed by atoms with Crippen LogP contribution in [0.2, 0.25) is 0 Å². The van der Waals surface area contributed by atoms with Crippen LogP contribution in [-0.4, -0.2) is 35.5 Å². The van der Waals surface area contributed by atoms with Gasteiger partial charge in [-0.15, -0.1) is 0 Å². The van der Waals surface area contributed by atoms with Crippen LogP contribution < -0.4 is 0 Å². The lowest BCUT2D eigenvalue weighted by Gasteiger charge is -2.68. The molecule has 0 bridgehead atoms. The van der Waals surface area contributed by atoms with Crippen molar-refractivity contribution in [2.24, 2.45) is 34.0 Å². The SMILES string of the molecule is CC1(C)COC2(C=C[C@@]34Cc5ccccc5C5C[C@]6(C)C(=O)CC[C@H]6[C@H](CC[C@@]3(O)C2)C54)OC1. The number of ketones is 1. The highest BCUT2D eigenvalue weighted by Gasteiger charge is 2.70. The fourth-order valence-electron chi connectivity index (χ4n) is 9.45. The summed E-state index contributed by atoms with van der Waals surface area (Å²) >= 11 is 0. The van der Waals surface area contributed by atoms with Gasteiger partial charge in [0.2, 0.25) is 0 Å². The highest BCUT2D eigenvalue weighted by molar-refractivity contribution is 5.87. The molecule has 34 heavy (non-hydrogen) atoms. The molecule has 2 unspecified atom stereocenters. The molecule has 1 N–H and O–H groups in total. The monoisotopic (exact) mass is 462 g/mol. The Bertz CT molecular complexity index is 1080. The molecular weight excluding hydrogens is 424 g/mol. The summed E-state index contributed by atoms with van der Waals surface area (Å²) in [6, 6.07) is 8.84. The van der Waals surface area contributed by atoms with E-state index in [1.165, 1.54) is 11.1 Å². The molecule has 1 aromatic rings. The van der Waals surface area contributed by atoms with Crippen LogP contribution in [0.25, 0.3) is 0 Å². The quantitative estimate of drug-likeness (QED) is 0.539. The molecule has 4 nitrogen and oxygen atoms in total. The molecule has 2 spiro atoms. The number of hydrogen-bond donors (Lipinski definition) is 1. The third kappa shape index (κ3) is 2.63. The maximum Gasteiger partial charge on any atom is 0.190 e. The molecule has 7 rings (SSSR count). The van der Waals surface area contributed by atoms with Gasteiger partial charge in [-0.2, -0.15) is 0 Å². The zero-order valence-electron chi connectivity index (χ0n) is 20.8. The first kappa shape index (κ1) is 21.8. The fourth-order valence-corrected chi connectivity index (χ4v) is 9.45. The van der Waals surface area contributed by atoms with Crippen molar-refractivity contribution < 1.29 is 19.4 Å². The van der Waals surface area contributed by atoms with Crippen molar-refractivity contribution in [1.29, 1.82) is 0 Å². The number of aliphatic hydroxyl groups is 1. The number of Topliss-reactive ketones (excluding diaryl/α,β-unsaturated/α-hetero) is 1. The number of carbonyl (C=O) groups excluding carboxylic acids is 1. The van der Waals surface area contributed by atoms with Crippen molar-refractivity contribution >= 4 is 5.78 Å². The molecule has 1 aromatic carbocycles. The summed E-state index contributed by atoms with van der Waals surface area (Å²) < 4.78 is 12.7. The highest BCUT2D eigenvalue weighted by atomic mass is 16.7. The van der Waals surface area contributed by atoms with Crippen molar-refractivity contribution in [2.75, 3.05) is 13.2 Å². The Morgan fingerprint density at radius 3 is 2.59 bits per heavy atom. The highest BCUT2D eigenvalue weighted by Crippen LogP contribution is 2.72. The summed E-state index contributed by atoms with van der Waals surface area (Å²) in [5.41, 5.74) is 1.36. The van der Waals surface area contributed by atoms with Gasteiger partial charge in [0.05, 0.1) is 18.8 Å². The number of fused-ring (bicyclic) bond motifs is 4. The Morgan fingerprint density at radius 1 is 1.03 bits per heavy atom. The second-order valence-electron chi connectivity index (χ2n) is 13.5. The van der Waals surface area contributed by atoms with Crippen LogP contribution in [0, 0.1) is 34.0 Å². The molecule has 1 saturated heterocycles. The van der Waals surface area contributed by atoms with Gasteiger partial charge in [-0.1, -0.05) is 51.1 Å². The van der Waals surface area contributed by atoms with E-state index in [4.69, 9.17) is 9.47 Å². The van der Waals surface area contributed by atoms with Crippen molar-refractivity contribution in [2.45, 2.75) is 83.0 Å². The second kappa shape index (κ2) is 6.63. The van der Waals surface area contributed by atoms with Crippen molar-refractivity contribution in [1.82, 2.24) is 0 Å². The zero-order valence-corrected chi connectivity index (χ0v) is 20.8. The van der Waals surface area contributed by atoms with Gasteiger partial charge in [-0.25, -0.2) is 0 Å². The maximum absolute atomic E-state index is 13.2. The maximum atomic E-state index is 13.2. The smallest absolute Gasteiger partial charge is 0.190 e. The van der Waals surface area contributed by atoms with Gasteiger partial charge < -0.3 is 14.6 Å². The largest absolute Gasteiger partial charge is 0.389 e. The third-order valence-electron chi connectivity index (χ3n) is 11.1. The molecule has 1 heterocycles. The topological polar surface area (TPSA) is 55.8 Å². The van der Waals surface area contributed by atoms with Crippen LogP contribution in [0.5, 0.6) is 0 Å². The molecule has 4 heteroatoms. The Kier molecular flexibility index (Phi) is 4.24. The number of benzene rings is 1. The molecule has 1 aliphatic heterocycles. The average Bonchev–Trinajstić information content (AvgIpc) is 3.11. The molecule has 7 atom stereocenters. The van der Waals surface area contributed by atoms with Gasteiger partial charge in [0.1, 0.15) is 5.78 Å². The summed E-state index contributed by atoms with van der Waals surface area (Å²) in [4.78, 5) is 13.2. The Morgan fingerprint density at radius 2 is 1.79 bits per heavy atom. The van der Waals surface area contributed by atoms with Crippen LogP contribution in [-0.2, 0) is 20.7 Å². The lowest BCUT2D eigenvalue weighted by molar-refractivity contribution is -0.312. The first-order valence-corrected chi connectivity index (χ1v) is 13.4. The molecule has 0 amide bonds. The number of hydrogen-bond acceptors (Lipinski definition) is 4. The molecule has 0 radical (unpaired) electrons. The second-order valence-corrected chi connectivity index (χ2v) is 13.5. The summed E-state index contributed by atoms with van der Waals surface area (Å²) in [5, 5.41) is 12.6. The van der Waals surface area contributed by atoms with E-state index in [9.17, 15) is 9.90 Å². The van der Waals surface area contributed by atoms with Gasteiger partial charge in [-0.05, 0) is 73.0 Å². The Labute approximate surface area is 203 Å². The van der Waals surface area contributed by atoms with Gasteiger partial charge in [0.25, 0.3) is 0 Å². The lowest BCUT2D eigenvalue weighted by atomic mass is 9.38. The summed E-state index contributed by atoms with van der Waals surface area (Å²) in [7, 11) is 0. The number of rotatable bonds is 0. The van der Waals surface area contributed by atoms with E-state index in [0.29, 0.717) is 49.1 Å². The van der Waals surface area contributed by atoms with Gasteiger partial charge in [0, 0.05) is 29.1 Å². The van der Waals surface area contributed by atoms with E-state index in [0.717, 1.165) is 38.5 Å². The van der Waals surface area contributed by atoms with Gasteiger partial charge in [0.15, 0.2) is 5.79 Å². The molecule has 4 fully saturated rings. The molecule has 6 aliphatic rings. The van der Waals surface area contributed by atoms with E-state index >= 15 is 0 Å². The number of ether oxygens (including phenoxy) is 2. The standard InChI is InChI=1S/C30H38O4/c1-26(2)17-33-30(34-18-26)13-12-28-14-19-6-4-5-7-20(19)22-15-27(3)23(8-9-24(27)31)21(25(22)28)10-11-29(28,32)16-30/h4-7,12-13,21-23,25,32H,8-11,14-18H2,1-3H3/t21-,22?,23-,25?,27-,28-,29+/m0/s1. The minimum atomic E-state index is -0.869. The Hall–Kier alpha value is -1.49. The van der Waals surface area contributed by atoms with E-state index < -0.39 is 11.4 Å². The van der Waals surface area contributed by atoms with E-state index in [1.807, 2.05) is 0 Å². The molecule has 5 aliphatic carbocycles. The fraction of sp³-hybridized carbons (Fsp3) is 0.700. The minimum Gasteiger partial charge on any atom is -0.389 e. The van der Waals surface area contributed by atoms with E-state index in [1.54, 1.807) is 0 Å². The molecular formula is C30H38O4. The van der Waals surface area contributed by atoms with Crippen LogP contribution in [0.1, 0.15) is 76.3 Å². The van der Waals surface area contributed by atoms with Gasteiger partial charge >= 0.3 is 0 Å². The summed E-state index contributed by atoms with van der Waals surface area (Å²) in [6.45, 7) is 7.86. The first-order chi connectivity index (χ1) is 16.1. The van der Waals surface area contributed by atoms with Crippen LogP contribution in [0.3, 0.4) is 0 Å². The minimum absolute atomic E-state index is 0.00772. The predicted octanol–water partition coefficient (Wildman–Crippen LogP) is 5.19. The van der Waals surface area contributed by atoms with Crippen LogP contribution in [0.4, 0.5) is 0 Å². The third-order valence-corrected chi connectivity index (χ3v) is 11.1.